The molecule has 6 heteroatoms. The van der Waals surface area contributed by atoms with Gasteiger partial charge in [-0.3, -0.25) is 9.59 Å². The zero-order valence-electron chi connectivity index (χ0n) is 11.2. The molecule has 1 heterocycles. The lowest BCUT2D eigenvalue weighted by molar-refractivity contribution is -0.137. The van der Waals surface area contributed by atoms with Gasteiger partial charge in [-0.1, -0.05) is 30.3 Å². The van der Waals surface area contributed by atoms with E-state index in [1.807, 2.05) is 30.3 Å². The van der Waals surface area contributed by atoms with Crippen molar-refractivity contribution in [2.75, 3.05) is 0 Å². The van der Waals surface area contributed by atoms with Crippen molar-refractivity contribution < 1.29 is 19.7 Å². The lowest BCUT2D eigenvalue weighted by atomic mass is 10.2. The number of aliphatic hydroxyl groups excluding tert-OH is 1. The number of pyridine rings is 1. The van der Waals surface area contributed by atoms with Crippen LogP contribution < -0.4 is 10.2 Å². The van der Waals surface area contributed by atoms with Crippen molar-refractivity contribution in [3.8, 4) is 5.75 Å². The van der Waals surface area contributed by atoms with Crippen molar-refractivity contribution in [3.63, 3.8) is 0 Å². The number of aliphatic hydroxyl groups is 1. The quantitative estimate of drug-likeness (QED) is 0.828. The number of rotatable bonds is 6. The van der Waals surface area contributed by atoms with Crippen molar-refractivity contribution in [2.24, 2.45) is 0 Å². The Labute approximate surface area is 120 Å². The summed E-state index contributed by atoms with van der Waals surface area (Å²) in [4.78, 5) is 22.7. The Morgan fingerprint density at radius 1 is 1.24 bits per heavy atom. The van der Waals surface area contributed by atoms with Crippen LogP contribution in [-0.4, -0.2) is 20.7 Å². The Balaban J connectivity index is 2.22. The number of carboxylic acids is 1. The highest BCUT2D eigenvalue weighted by Crippen LogP contribution is 2.10. The minimum atomic E-state index is -1.07. The van der Waals surface area contributed by atoms with Crippen molar-refractivity contribution in [1.82, 2.24) is 4.57 Å². The molecule has 0 fully saturated rings. The van der Waals surface area contributed by atoms with Crippen LogP contribution in [0.1, 0.15) is 11.3 Å². The molecule has 0 bridgehead atoms. The highest BCUT2D eigenvalue weighted by molar-refractivity contribution is 5.66. The number of aliphatic carboxylic acids is 1. The molecule has 0 spiro atoms. The van der Waals surface area contributed by atoms with Gasteiger partial charge in [0.05, 0.1) is 12.8 Å². The molecule has 0 saturated carbocycles. The van der Waals surface area contributed by atoms with E-state index in [2.05, 4.69) is 0 Å². The zero-order chi connectivity index (χ0) is 15.2. The molecule has 21 heavy (non-hydrogen) atoms. The molecule has 0 aliphatic carbocycles. The van der Waals surface area contributed by atoms with Crippen molar-refractivity contribution in [1.29, 1.82) is 0 Å². The second-order valence-corrected chi connectivity index (χ2v) is 4.45. The molecular formula is C15H15NO5. The largest absolute Gasteiger partial charge is 0.483 e. The van der Waals surface area contributed by atoms with E-state index in [0.29, 0.717) is 0 Å². The second kappa shape index (κ2) is 6.71. The molecule has 110 valence electrons. The Bertz CT molecular complexity index is 678. The maximum Gasteiger partial charge on any atom is 0.323 e. The second-order valence-electron chi connectivity index (χ2n) is 4.45. The van der Waals surface area contributed by atoms with Crippen LogP contribution in [0.2, 0.25) is 0 Å². The van der Waals surface area contributed by atoms with Crippen molar-refractivity contribution in [2.45, 2.75) is 19.8 Å². The summed E-state index contributed by atoms with van der Waals surface area (Å²) in [6.07, 6.45) is 1.31. The van der Waals surface area contributed by atoms with Gasteiger partial charge in [0, 0.05) is 11.8 Å². The molecule has 0 aliphatic heterocycles. The molecule has 0 radical (unpaired) electrons. The Kier molecular flexibility index (Phi) is 4.73. The normalized spacial score (nSPS) is 10.3. The lowest BCUT2D eigenvalue weighted by Crippen LogP contribution is -2.18. The van der Waals surface area contributed by atoms with Crippen LogP contribution in [0.3, 0.4) is 0 Å². The van der Waals surface area contributed by atoms with Gasteiger partial charge in [-0.25, -0.2) is 0 Å². The third-order valence-electron chi connectivity index (χ3n) is 2.89. The fourth-order valence-corrected chi connectivity index (χ4v) is 1.87. The van der Waals surface area contributed by atoms with Crippen LogP contribution in [0, 0.1) is 0 Å². The van der Waals surface area contributed by atoms with Gasteiger partial charge in [0.2, 0.25) is 5.43 Å². The molecule has 0 unspecified atom stereocenters. The minimum absolute atomic E-state index is 0.0531. The number of hydrogen-bond donors (Lipinski definition) is 2. The SMILES string of the molecule is O=C(O)Cn1cc(OCc2ccccc2)c(=O)cc1CO. The van der Waals surface area contributed by atoms with Crippen molar-refractivity contribution in [3.05, 3.63) is 64.1 Å². The molecule has 1 aromatic heterocycles. The van der Waals surface area contributed by atoms with Crippen molar-refractivity contribution >= 4 is 5.97 Å². The van der Waals surface area contributed by atoms with Crippen LogP contribution >= 0.6 is 0 Å². The van der Waals surface area contributed by atoms with Gasteiger partial charge in [0.15, 0.2) is 5.75 Å². The van der Waals surface area contributed by atoms with Gasteiger partial charge in [0.1, 0.15) is 13.2 Å². The van der Waals surface area contributed by atoms with Gasteiger partial charge >= 0.3 is 5.97 Å². The molecule has 6 nitrogen and oxygen atoms in total. The highest BCUT2D eigenvalue weighted by Gasteiger charge is 2.10. The number of carbonyl (C=O) groups is 1. The Hall–Kier alpha value is -2.60. The van der Waals surface area contributed by atoms with E-state index in [-0.39, 0.29) is 24.6 Å². The molecule has 0 amide bonds. The van der Waals surface area contributed by atoms with Crippen LogP contribution in [0.25, 0.3) is 0 Å². The molecule has 1 aromatic carbocycles. The predicted octanol–water partition coefficient (Wildman–Crippen LogP) is 1.00. The summed E-state index contributed by atoms with van der Waals surface area (Å²) in [7, 11) is 0. The standard InChI is InChI=1S/C15H15NO5/c17-9-12-6-13(18)14(7-16(12)8-15(19)20)21-10-11-4-2-1-3-5-11/h1-7,17H,8-10H2,(H,19,20). The minimum Gasteiger partial charge on any atom is -0.483 e. The third-order valence-corrected chi connectivity index (χ3v) is 2.89. The van der Waals surface area contributed by atoms with E-state index in [1.54, 1.807) is 0 Å². The third kappa shape index (κ3) is 3.93. The topological polar surface area (TPSA) is 88.8 Å². The summed E-state index contributed by atoms with van der Waals surface area (Å²) < 4.78 is 6.72. The number of aromatic nitrogens is 1. The maximum absolute atomic E-state index is 11.9. The summed E-state index contributed by atoms with van der Waals surface area (Å²) in [6.45, 7) is -0.555. The van der Waals surface area contributed by atoms with Gasteiger partial charge < -0.3 is 19.5 Å². The van der Waals surface area contributed by atoms with E-state index in [4.69, 9.17) is 14.9 Å². The molecule has 2 rings (SSSR count). The lowest BCUT2D eigenvalue weighted by Gasteiger charge is -2.12. The van der Waals surface area contributed by atoms with Gasteiger partial charge in [-0.15, -0.1) is 0 Å². The summed E-state index contributed by atoms with van der Waals surface area (Å²) in [6, 6.07) is 10.5. The maximum atomic E-state index is 11.9. The molecule has 0 atom stereocenters. The molecule has 2 N–H and O–H groups in total. The first-order chi connectivity index (χ1) is 10.1. The van der Waals surface area contributed by atoms with Crippen LogP contribution in [0.15, 0.2) is 47.4 Å². The Morgan fingerprint density at radius 2 is 1.95 bits per heavy atom. The summed E-state index contributed by atoms with van der Waals surface area (Å²) in [5, 5.41) is 18.0. The first-order valence-electron chi connectivity index (χ1n) is 6.33. The summed E-state index contributed by atoms with van der Waals surface area (Å²) in [5.74, 6) is -1.01. The zero-order valence-corrected chi connectivity index (χ0v) is 11.2. The number of nitrogens with zero attached hydrogens (tertiary/aromatic N) is 1. The smallest absolute Gasteiger partial charge is 0.323 e. The first kappa shape index (κ1) is 14.8. The summed E-state index contributed by atoms with van der Waals surface area (Å²) >= 11 is 0. The number of ether oxygens (including phenoxy) is 1. The Morgan fingerprint density at radius 3 is 2.57 bits per heavy atom. The van der Waals surface area contributed by atoms with Crippen LogP contribution in [0.5, 0.6) is 5.75 Å². The van der Waals surface area contributed by atoms with Gasteiger partial charge in [0.25, 0.3) is 0 Å². The van der Waals surface area contributed by atoms with E-state index in [0.717, 1.165) is 5.56 Å². The van der Waals surface area contributed by atoms with E-state index in [9.17, 15) is 9.59 Å². The monoisotopic (exact) mass is 289 g/mol. The van der Waals surface area contributed by atoms with E-state index < -0.39 is 18.0 Å². The molecule has 0 saturated heterocycles. The van der Waals surface area contributed by atoms with E-state index in [1.165, 1.54) is 16.8 Å². The highest BCUT2D eigenvalue weighted by atomic mass is 16.5. The summed E-state index contributed by atoms with van der Waals surface area (Å²) in [5.41, 5.74) is 0.735. The van der Waals surface area contributed by atoms with Gasteiger partial charge in [-0.05, 0) is 5.56 Å². The fraction of sp³-hybridized carbons (Fsp3) is 0.200. The van der Waals surface area contributed by atoms with Crippen LogP contribution in [-0.2, 0) is 24.6 Å². The first-order valence-corrected chi connectivity index (χ1v) is 6.33. The molecular weight excluding hydrogens is 274 g/mol. The fourth-order valence-electron chi connectivity index (χ4n) is 1.87. The average molecular weight is 289 g/mol. The van der Waals surface area contributed by atoms with Crippen LogP contribution in [0.4, 0.5) is 0 Å². The van der Waals surface area contributed by atoms with E-state index >= 15 is 0 Å². The molecule has 2 aromatic rings. The number of carboxylic acid groups (broad SMARTS) is 1. The number of benzene rings is 1. The predicted molar refractivity (Wildman–Crippen MR) is 75.0 cm³/mol. The molecule has 0 aliphatic rings. The average Bonchev–Trinajstić information content (AvgIpc) is 2.47. The van der Waals surface area contributed by atoms with Gasteiger partial charge in [-0.2, -0.15) is 0 Å². The number of hydrogen-bond acceptors (Lipinski definition) is 4.